The Morgan fingerprint density at radius 1 is 1.05 bits per heavy atom. The molecule has 1 N–H and O–H groups in total. The van der Waals surface area contributed by atoms with Gasteiger partial charge >= 0.3 is 6.09 Å². The fraction of sp³-hybridized carbons (Fsp3) is 0.188. The lowest BCUT2D eigenvalue weighted by Crippen LogP contribution is -2.29. The van der Waals surface area contributed by atoms with Crippen LogP contribution >= 0.6 is 0 Å². The van der Waals surface area contributed by atoms with Crippen LogP contribution in [0.1, 0.15) is 17.0 Å². The highest BCUT2D eigenvalue weighted by Gasteiger charge is 2.29. The second-order valence-electron chi connectivity index (χ2n) is 4.89. The maximum absolute atomic E-state index is 11.0. The molecular weight excluding hydrogens is 238 g/mol. The van der Waals surface area contributed by atoms with E-state index in [4.69, 9.17) is 5.11 Å². The van der Waals surface area contributed by atoms with Crippen molar-refractivity contribution in [3.63, 3.8) is 0 Å². The Bertz CT molecular complexity index is 591. The first kappa shape index (κ1) is 11.8. The van der Waals surface area contributed by atoms with Gasteiger partial charge in [0.25, 0.3) is 0 Å². The van der Waals surface area contributed by atoms with Crippen LogP contribution in [0.15, 0.2) is 48.5 Å². The number of hydrogen-bond donors (Lipinski definition) is 1. The number of likely N-dealkylation sites (N-methyl/N-ethyl adjacent to an activating group) is 1. The van der Waals surface area contributed by atoms with Gasteiger partial charge in [-0.15, -0.1) is 0 Å². The first-order valence-electron chi connectivity index (χ1n) is 6.31. The van der Waals surface area contributed by atoms with Gasteiger partial charge in [0.15, 0.2) is 0 Å². The first-order valence-corrected chi connectivity index (χ1v) is 6.31. The fourth-order valence-corrected chi connectivity index (χ4v) is 2.81. The summed E-state index contributed by atoms with van der Waals surface area (Å²) in [6.07, 6.45) is -0.887. The van der Waals surface area contributed by atoms with Crippen LogP contribution in [-0.4, -0.2) is 29.7 Å². The highest BCUT2D eigenvalue weighted by atomic mass is 16.4. The number of hydrogen-bond acceptors (Lipinski definition) is 1. The highest BCUT2D eigenvalue weighted by molar-refractivity contribution is 5.79. The van der Waals surface area contributed by atoms with Crippen LogP contribution in [0.25, 0.3) is 11.1 Å². The summed E-state index contributed by atoms with van der Waals surface area (Å²) in [4.78, 5) is 12.4. The van der Waals surface area contributed by atoms with Crippen molar-refractivity contribution in [3.8, 4) is 11.1 Å². The number of fused-ring (bicyclic) bond motifs is 3. The Morgan fingerprint density at radius 3 is 2.00 bits per heavy atom. The highest BCUT2D eigenvalue weighted by Crippen LogP contribution is 2.44. The van der Waals surface area contributed by atoms with Crippen molar-refractivity contribution in [2.24, 2.45) is 0 Å². The molecule has 0 saturated heterocycles. The molecule has 0 radical (unpaired) electrons. The maximum atomic E-state index is 11.0. The van der Waals surface area contributed by atoms with Gasteiger partial charge in [0, 0.05) is 19.5 Å². The zero-order chi connectivity index (χ0) is 13.4. The normalized spacial score (nSPS) is 12.9. The van der Waals surface area contributed by atoms with Gasteiger partial charge in [-0.2, -0.15) is 0 Å². The molecule has 19 heavy (non-hydrogen) atoms. The number of nitrogens with zero attached hydrogens (tertiary/aromatic N) is 1. The molecule has 2 aromatic carbocycles. The van der Waals surface area contributed by atoms with Gasteiger partial charge in [-0.1, -0.05) is 48.5 Å². The third-order valence-electron chi connectivity index (χ3n) is 3.75. The molecule has 0 unspecified atom stereocenters. The van der Waals surface area contributed by atoms with Gasteiger partial charge in [-0.3, -0.25) is 0 Å². The summed E-state index contributed by atoms with van der Waals surface area (Å²) in [6, 6.07) is 16.5. The van der Waals surface area contributed by atoms with Gasteiger partial charge in [-0.25, -0.2) is 4.79 Å². The van der Waals surface area contributed by atoms with Crippen molar-refractivity contribution in [1.82, 2.24) is 4.90 Å². The number of amides is 1. The van der Waals surface area contributed by atoms with Crippen LogP contribution < -0.4 is 0 Å². The van der Waals surface area contributed by atoms with Gasteiger partial charge in [-0.05, 0) is 22.3 Å². The van der Waals surface area contributed by atoms with Crippen LogP contribution in [0, 0.1) is 0 Å². The van der Waals surface area contributed by atoms with E-state index >= 15 is 0 Å². The molecule has 2 aromatic rings. The van der Waals surface area contributed by atoms with Gasteiger partial charge < -0.3 is 10.0 Å². The van der Waals surface area contributed by atoms with Crippen molar-refractivity contribution in [3.05, 3.63) is 59.7 Å². The van der Waals surface area contributed by atoms with E-state index in [2.05, 4.69) is 24.3 Å². The molecule has 0 aliphatic heterocycles. The van der Waals surface area contributed by atoms with E-state index in [1.54, 1.807) is 7.05 Å². The Labute approximate surface area is 112 Å². The molecule has 1 aliphatic rings. The largest absolute Gasteiger partial charge is 0.465 e. The lowest BCUT2D eigenvalue weighted by molar-refractivity contribution is 0.155. The number of carbonyl (C=O) groups is 1. The third-order valence-corrected chi connectivity index (χ3v) is 3.75. The average molecular weight is 253 g/mol. The van der Waals surface area contributed by atoms with E-state index in [0.717, 1.165) is 0 Å². The second-order valence-corrected chi connectivity index (χ2v) is 4.89. The zero-order valence-electron chi connectivity index (χ0n) is 10.7. The Hall–Kier alpha value is -2.29. The van der Waals surface area contributed by atoms with E-state index in [-0.39, 0.29) is 5.92 Å². The smallest absolute Gasteiger partial charge is 0.407 e. The molecule has 0 atom stereocenters. The topological polar surface area (TPSA) is 40.5 Å². The van der Waals surface area contributed by atoms with E-state index in [1.165, 1.54) is 27.2 Å². The van der Waals surface area contributed by atoms with Crippen LogP contribution in [0.5, 0.6) is 0 Å². The van der Waals surface area contributed by atoms with Crippen LogP contribution in [-0.2, 0) is 0 Å². The molecule has 1 aliphatic carbocycles. The molecule has 3 nitrogen and oxygen atoms in total. The molecule has 96 valence electrons. The molecule has 0 heterocycles. The SMILES string of the molecule is CN(CC1c2ccccc2-c2ccccc21)C(=O)O. The minimum atomic E-state index is -0.887. The first-order chi connectivity index (χ1) is 9.18. The number of rotatable bonds is 2. The molecule has 0 fully saturated rings. The molecule has 3 rings (SSSR count). The monoisotopic (exact) mass is 253 g/mol. The molecule has 0 saturated carbocycles. The van der Waals surface area contributed by atoms with Crippen molar-refractivity contribution < 1.29 is 9.90 Å². The maximum Gasteiger partial charge on any atom is 0.407 e. The molecular formula is C16H15NO2. The lowest BCUT2D eigenvalue weighted by atomic mass is 9.96. The molecule has 0 aromatic heterocycles. The Balaban J connectivity index is 2.07. The fourth-order valence-electron chi connectivity index (χ4n) is 2.81. The summed E-state index contributed by atoms with van der Waals surface area (Å²) < 4.78 is 0. The summed E-state index contributed by atoms with van der Waals surface area (Å²) in [6.45, 7) is 0.489. The molecule has 1 amide bonds. The summed E-state index contributed by atoms with van der Waals surface area (Å²) >= 11 is 0. The minimum absolute atomic E-state index is 0.133. The van der Waals surface area contributed by atoms with Gasteiger partial charge in [0.2, 0.25) is 0 Å². The Morgan fingerprint density at radius 2 is 1.53 bits per heavy atom. The van der Waals surface area contributed by atoms with Crippen molar-refractivity contribution >= 4 is 6.09 Å². The van der Waals surface area contributed by atoms with Crippen LogP contribution in [0.2, 0.25) is 0 Å². The Kier molecular flexibility index (Phi) is 2.75. The predicted octanol–water partition coefficient (Wildman–Crippen LogP) is 3.41. The summed E-state index contributed by atoms with van der Waals surface area (Å²) in [5.74, 6) is 0.133. The van der Waals surface area contributed by atoms with Crippen molar-refractivity contribution in [1.29, 1.82) is 0 Å². The lowest BCUT2D eigenvalue weighted by Gasteiger charge is -2.20. The molecule has 3 heteroatoms. The van der Waals surface area contributed by atoms with E-state index in [1.807, 2.05) is 24.3 Å². The van der Waals surface area contributed by atoms with Gasteiger partial charge in [0.05, 0.1) is 0 Å². The number of benzene rings is 2. The molecule has 0 spiro atoms. The number of carboxylic acid groups (broad SMARTS) is 1. The van der Waals surface area contributed by atoms with E-state index in [9.17, 15) is 4.79 Å². The quantitative estimate of drug-likeness (QED) is 0.891. The average Bonchev–Trinajstić information content (AvgIpc) is 2.74. The van der Waals surface area contributed by atoms with Crippen LogP contribution in [0.4, 0.5) is 4.79 Å². The minimum Gasteiger partial charge on any atom is -0.465 e. The predicted molar refractivity (Wildman–Crippen MR) is 74.4 cm³/mol. The summed E-state index contributed by atoms with van der Waals surface area (Å²) in [7, 11) is 1.62. The second kappa shape index (κ2) is 4.43. The van der Waals surface area contributed by atoms with Gasteiger partial charge in [0.1, 0.15) is 0 Å². The van der Waals surface area contributed by atoms with Crippen molar-refractivity contribution in [2.45, 2.75) is 5.92 Å². The third kappa shape index (κ3) is 1.87. The van der Waals surface area contributed by atoms with Crippen molar-refractivity contribution in [2.75, 3.05) is 13.6 Å². The van der Waals surface area contributed by atoms with E-state index in [0.29, 0.717) is 6.54 Å². The standard InChI is InChI=1S/C16H15NO2/c1-17(16(18)19)10-15-13-8-4-2-6-11(13)12-7-3-5-9-14(12)15/h2-9,15H,10H2,1H3,(H,18,19). The van der Waals surface area contributed by atoms with Crippen LogP contribution in [0.3, 0.4) is 0 Å². The molecule has 0 bridgehead atoms. The zero-order valence-corrected chi connectivity index (χ0v) is 10.7. The van der Waals surface area contributed by atoms with E-state index < -0.39 is 6.09 Å². The summed E-state index contributed by atoms with van der Waals surface area (Å²) in [5, 5.41) is 9.06. The summed E-state index contributed by atoms with van der Waals surface area (Å²) in [5.41, 5.74) is 4.89.